The van der Waals surface area contributed by atoms with E-state index >= 15 is 0 Å². The Balaban J connectivity index is 1.66. The molecule has 9 heteroatoms. The van der Waals surface area contributed by atoms with Crippen LogP contribution in [-0.2, 0) is 6.42 Å². The molecule has 4 aromatic rings. The van der Waals surface area contributed by atoms with Crippen LogP contribution in [0.5, 0.6) is 0 Å². The lowest BCUT2D eigenvalue weighted by molar-refractivity contribution is 0.0654. The Morgan fingerprint density at radius 2 is 2.35 bits per heavy atom. The van der Waals surface area contributed by atoms with E-state index in [2.05, 4.69) is 20.1 Å². The zero-order valence-corrected chi connectivity index (χ0v) is 13.5. The van der Waals surface area contributed by atoms with Crippen LogP contribution in [0.15, 0.2) is 47.7 Å². The topological polar surface area (TPSA) is 92.3 Å². The predicted molar refractivity (Wildman–Crippen MR) is 86.8 cm³/mol. The second kappa shape index (κ2) is 5.51. The Bertz CT molecular complexity index is 1100. The number of imidazole rings is 1. The lowest BCUT2D eigenvalue weighted by atomic mass is 9.99. The second-order valence-corrected chi connectivity index (χ2v) is 6.04. The van der Waals surface area contributed by atoms with Gasteiger partial charge in [-0.1, -0.05) is 0 Å². The number of H-pyrrole nitrogens is 1. The first-order valence-electron chi connectivity index (χ1n) is 8.08. The molecule has 0 unspecified atom stereocenters. The molecule has 0 fully saturated rings. The van der Waals surface area contributed by atoms with Gasteiger partial charge in [-0.3, -0.25) is 4.79 Å². The average Bonchev–Trinajstić information content (AvgIpc) is 3.39. The third-order valence-corrected chi connectivity index (χ3v) is 4.58. The number of halogens is 1. The monoisotopic (exact) mass is 352 g/mol. The van der Waals surface area contributed by atoms with Gasteiger partial charge in [0.15, 0.2) is 6.39 Å². The van der Waals surface area contributed by atoms with Crippen LogP contribution in [0.2, 0.25) is 0 Å². The number of aromatic nitrogens is 5. The van der Waals surface area contributed by atoms with Crippen LogP contribution in [-0.4, -0.2) is 41.9 Å². The molecule has 1 atom stereocenters. The van der Waals surface area contributed by atoms with E-state index in [4.69, 9.17) is 4.42 Å². The van der Waals surface area contributed by atoms with Crippen molar-refractivity contribution in [2.45, 2.75) is 12.5 Å². The van der Waals surface area contributed by atoms with Crippen molar-refractivity contribution in [3.8, 4) is 0 Å². The highest BCUT2D eigenvalue weighted by molar-refractivity contribution is 5.91. The number of fused-ring (bicyclic) bond motifs is 2. The highest BCUT2D eigenvalue weighted by atomic mass is 19.1. The van der Waals surface area contributed by atoms with Gasteiger partial charge < -0.3 is 14.3 Å². The van der Waals surface area contributed by atoms with E-state index in [0.717, 1.165) is 5.69 Å². The van der Waals surface area contributed by atoms with Gasteiger partial charge in [0.1, 0.15) is 17.4 Å². The van der Waals surface area contributed by atoms with E-state index < -0.39 is 6.04 Å². The molecule has 0 saturated heterocycles. The van der Waals surface area contributed by atoms with Crippen LogP contribution in [0, 0.1) is 5.82 Å². The standard InChI is InChI=1S/C17H13FN6O2/c18-10-2-1-4-24-13(10)6-12(22-24)16-15-11(20-8-21-15)3-5-23(16)17(25)14-7-19-9-26-14/h1-2,4,6-9,16H,3,5H2,(H,20,21)/t16-/m0/s1. The number of oxazole rings is 1. The second-order valence-electron chi connectivity index (χ2n) is 6.04. The highest BCUT2D eigenvalue weighted by Crippen LogP contribution is 2.34. The van der Waals surface area contributed by atoms with E-state index in [1.54, 1.807) is 29.6 Å². The van der Waals surface area contributed by atoms with E-state index in [0.29, 0.717) is 29.9 Å². The zero-order chi connectivity index (χ0) is 17.7. The highest BCUT2D eigenvalue weighted by Gasteiger charge is 2.37. The van der Waals surface area contributed by atoms with Crippen LogP contribution < -0.4 is 0 Å². The van der Waals surface area contributed by atoms with E-state index in [1.165, 1.54) is 23.2 Å². The van der Waals surface area contributed by atoms with Crippen molar-refractivity contribution in [1.29, 1.82) is 0 Å². The van der Waals surface area contributed by atoms with Crippen LogP contribution in [0.4, 0.5) is 4.39 Å². The molecule has 5 rings (SSSR count). The van der Waals surface area contributed by atoms with Crippen molar-refractivity contribution in [3.05, 3.63) is 72.0 Å². The third kappa shape index (κ3) is 2.13. The van der Waals surface area contributed by atoms with Crippen LogP contribution >= 0.6 is 0 Å². The predicted octanol–water partition coefficient (Wildman–Crippen LogP) is 1.97. The first-order valence-corrected chi connectivity index (χ1v) is 8.08. The van der Waals surface area contributed by atoms with E-state index in [1.807, 2.05) is 0 Å². The Labute approximate surface area is 146 Å². The lowest BCUT2D eigenvalue weighted by Crippen LogP contribution is -2.40. The molecule has 0 radical (unpaired) electrons. The molecule has 0 spiro atoms. The first-order chi connectivity index (χ1) is 12.7. The molecule has 4 aromatic heterocycles. The first kappa shape index (κ1) is 14.8. The summed E-state index contributed by atoms with van der Waals surface area (Å²) in [4.78, 5) is 25.8. The normalized spacial score (nSPS) is 16.8. The number of carbonyl (C=O) groups is 1. The SMILES string of the molecule is O=C(c1cnco1)N1CCc2[nH]cnc2[C@@H]1c1cc2c(F)cccn2n1. The molecule has 5 heterocycles. The van der Waals surface area contributed by atoms with Gasteiger partial charge in [-0.05, 0) is 18.2 Å². The van der Waals surface area contributed by atoms with Crippen molar-refractivity contribution in [1.82, 2.24) is 29.5 Å². The Kier molecular flexibility index (Phi) is 3.14. The van der Waals surface area contributed by atoms with E-state index in [-0.39, 0.29) is 17.5 Å². The molecule has 1 aliphatic rings. The third-order valence-electron chi connectivity index (χ3n) is 4.58. The number of amides is 1. The van der Waals surface area contributed by atoms with Crippen LogP contribution in [0.25, 0.3) is 5.52 Å². The molecule has 1 aliphatic heterocycles. The van der Waals surface area contributed by atoms with Gasteiger partial charge in [-0.15, -0.1) is 0 Å². The zero-order valence-electron chi connectivity index (χ0n) is 13.5. The van der Waals surface area contributed by atoms with Gasteiger partial charge in [-0.25, -0.2) is 18.9 Å². The number of pyridine rings is 1. The smallest absolute Gasteiger partial charge is 0.292 e. The van der Waals surface area contributed by atoms with Gasteiger partial charge in [0.2, 0.25) is 5.76 Å². The van der Waals surface area contributed by atoms with Gasteiger partial charge in [0.25, 0.3) is 5.91 Å². The summed E-state index contributed by atoms with van der Waals surface area (Å²) < 4.78 is 20.7. The summed E-state index contributed by atoms with van der Waals surface area (Å²) in [6, 6.07) is 4.06. The summed E-state index contributed by atoms with van der Waals surface area (Å²) in [5.41, 5.74) is 2.52. The van der Waals surface area contributed by atoms with Crippen molar-refractivity contribution >= 4 is 11.4 Å². The molecule has 0 saturated carbocycles. The fraction of sp³-hybridized carbons (Fsp3) is 0.176. The number of nitrogens with one attached hydrogen (secondary N) is 1. The Morgan fingerprint density at radius 1 is 1.42 bits per heavy atom. The maximum absolute atomic E-state index is 14.1. The van der Waals surface area contributed by atoms with Crippen molar-refractivity contribution in [3.63, 3.8) is 0 Å². The summed E-state index contributed by atoms with van der Waals surface area (Å²) in [5.74, 6) is -0.542. The molecule has 0 aromatic carbocycles. The van der Waals surface area contributed by atoms with E-state index in [9.17, 15) is 9.18 Å². The van der Waals surface area contributed by atoms with Crippen molar-refractivity contribution in [2.75, 3.05) is 6.54 Å². The van der Waals surface area contributed by atoms with Gasteiger partial charge in [-0.2, -0.15) is 5.10 Å². The Morgan fingerprint density at radius 3 is 3.15 bits per heavy atom. The largest absolute Gasteiger partial charge is 0.438 e. The maximum atomic E-state index is 14.1. The number of hydrogen-bond donors (Lipinski definition) is 1. The summed E-state index contributed by atoms with van der Waals surface area (Å²) in [7, 11) is 0. The number of hydrogen-bond acceptors (Lipinski definition) is 5. The van der Waals surface area contributed by atoms with Crippen LogP contribution in [0.1, 0.15) is 33.7 Å². The lowest BCUT2D eigenvalue weighted by Gasteiger charge is -2.33. The molecule has 1 amide bonds. The average molecular weight is 352 g/mol. The molecular weight excluding hydrogens is 339 g/mol. The van der Waals surface area contributed by atoms with Gasteiger partial charge in [0.05, 0.1) is 23.9 Å². The minimum atomic E-state index is -0.540. The van der Waals surface area contributed by atoms with Crippen LogP contribution in [0.3, 0.4) is 0 Å². The summed E-state index contributed by atoms with van der Waals surface area (Å²) in [6.07, 6.45) is 6.48. The molecule has 1 N–H and O–H groups in total. The Hall–Kier alpha value is -3.49. The quantitative estimate of drug-likeness (QED) is 0.595. The molecular formula is C17H13FN6O2. The maximum Gasteiger partial charge on any atom is 0.292 e. The number of nitrogens with zero attached hydrogens (tertiary/aromatic N) is 5. The molecule has 26 heavy (non-hydrogen) atoms. The van der Waals surface area contributed by atoms with Crippen molar-refractivity contribution < 1.29 is 13.6 Å². The summed E-state index contributed by atoms with van der Waals surface area (Å²) >= 11 is 0. The number of carbonyl (C=O) groups excluding carboxylic acids is 1. The molecule has 0 aliphatic carbocycles. The molecule has 0 bridgehead atoms. The molecule has 8 nitrogen and oxygen atoms in total. The van der Waals surface area contributed by atoms with Crippen molar-refractivity contribution in [2.24, 2.45) is 0 Å². The number of rotatable bonds is 2. The summed E-state index contributed by atoms with van der Waals surface area (Å²) in [6.45, 7) is 0.454. The molecule has 130 valence electrons. The van der Waals surface area contributed by atoms with Gasteiger partial charge in [0, 0.05) is 24.9 Å². The minimum Gasteiger partial charge on any atom is -0.438 e. The summed E-state index contributed by atoms with van der Waals surface area (Å²) in [5, 5.41) is 4.47. The minimum absolute atomic E-state index is 0.143. The van der Waals surface area contributed by atoms with Gasteiger partial charge >= 0.3 is 0 Å². The fourth-order valence-corrected chi connectivity index (χ4v) is 3.39. The number of aromatic amines is 1. The fourth-order valence-electron chi connectivity index (χ4n) is 3.39.